The van der Waals surface area contributed by atoms with E-state index in [9.17, 15) is 4.79 Å². The van der Waals surface area contributed by atoms with Crippen molar-refractivity contribution in [2.24, 2.45) is 11.8 Å². The molecule has 0 aliphatic carbocycles. The van der Waals surface area contributed by atoms with Crippen molar-refractivity contribution in [1.29, 1.82) is 0 Å². The van der Waals surface area contributed by atoms with Crippen LogP contribution in [0.3, 0.4) is 0 Å². The number of hydrogen-bond acceptors (Lipinski definition) is 3. The first kappa shape index (κ1) is 15.4. The molecule has 0 atom stereocenters. The van der Waals surface area contributed by atoms with E-state index in [1.165, 1.54) is 0 Å². The number of amides is 1. The van der Waals surface area contributed by atoms with Gasteiger partial charge >= 0.3 is 0 Å². The third-order valence-electron chi connectivity index (χ3n) is 3.73. The SMILES string of the molecule is CCOCCN(C)CCC(=O)N1CC(C(C)C)C1. The highest BCUT2D eigenvalue weighted by Crippen LogP contribution is 2.23. The molecule has 0 saturated carbocycles. The van der Waals surface area contributed by atoms with Crippen molar-refractivity contribution >= 4 is 5.91 Å². The zero-order chi connectivity index (χ0) is 13.5. The van der Waals surface area contributed by atoms with E-state index >= 15 is 0 Å². The first-order chi connectivity index (χ1) is 8.54. The molecule has 18 heavy (non-hydrogen) atoms. The first-order valence-electron chi connectivity index (χ1n) is 7.08. The van der Waals surface area contributed by atoms with Crippen molar-refractivity contribution in [3.05, 3.63) is 0 Å². The maximum Gasteiger partial charge on any atom is 0.223 e. The summed E-state index contributed by atoms with van der Waals surface area (Å²) in [5.74, 6) is 1.71. The molecule has 0 N–H and O–H groups in total. The topological polar surface area (TPSA) is 32.8 Å². The molecule has 0 radical (unpaired) electrons. The summed E-state index contributed by atoms with van der Waals surface area (Å²) in [6.45, 7) is 11.6. The minimum atomic E-state index is 0.301. The van der Waals surface area contributed by atoms with Crippen LogP contribution in [0.25, 0.3) is 0 Å². The largest absolute Gasteiger partial charge is 0.380 e. The number of carbonyl (C=O) groups excluding carboxylic acids is 1. The fourth-order valence-corrected chi connectivity index (χ4v) is 2.06. The fourth-order valence-electron chi connectivity index (χ4n) is 2.06. The van der Waals surface area contributed by atoms with Crippen molar-refractivity contribution in [3.8, 4) is 0 Å². The third kappa shape index (κ3) is 4.94. The molecule has 0 spiro atoms. The Morgan fingerprint density at radius 1 is 1.39 bits per heavy atom. The lowest BCUT2D eigenvalue weighted by Crippen LogP contribution is -2.52. The Morgan fingerprint density at radius 2 is 2.06 bits per heavy atom. The van der Waals surface area contributed by atoms with Gasteiger partial charge in [0.2, 0.25) is 5.91 Å². The van der Waals surface area contributed by atoms with Crippen molar-refractivity contribution in [3.63, 3.8) is 0 Å². The van der Waals surface area contributed by atoms with Crippen molar-refractivity contribution in [2.75, 3.05) is 46.4 Å². The maximum atomic E-state index is 11.9. The van der Waals surface area contributed by atoms with Crippen LogP contribution >= 0.6 is 0 Å². The van der Waals surface area contributed by atoms with Crippen molar-refractivity contribution in [2.45, 2.75) is 27.2 Å². The van der Waals surface area contributed by atoms with Gasteiger partial charge < -0.3 is 14.5 Å². The molecule has 0 aromatic heterocycles. The van der Waals surface area contributed by atoms with Gasteiger partial charge in [-0.05, 0) is 25.8 Å². The zero-order valence-electron chi connectivity index (χ0n) is 12.3. The maximum absolute atomic E-state index is 11.9. The van der Waals surface area contributed by atoms with E-state index in [1.54, 1.807) is 0 Å². The second kappa shape index (κ2) is 7.74. The molecule has 0 bridgehead atoms. The number of likely N-dealkylation sites (tertiary alicyclic amines) is 1. The number of rotatable bonds is 8. The van der Waals surface area contributed by atoms with E-state index in [2.05, 4.69) is 18.7 Å². The summed E-state index contributed by atoms with van der Waals surface area (Å²) in [5.41, 5.74) is 0. The zero-order valence-corrected chi connectivity index (χ0v) is 12.3. The fraction of sp³-hybridized carbons (Fsp3) is 0.929. The van der Waals surface area contributed by atoms with Crippen LogP contribution in [0.1, 0.15) is 27.2 Å². The van der Waals surface area contributed by atoms with Gasteiger partial charge in [-0.3, -0.25) is 4.79 Å². The summed E-state index contributed by atoms with van der Waals surface area (Å²) < 4.78 is 5.29. The summed E-state index contributed by atoms with van der Waals surface area (Å²) in [6, 6.07) is 0. The van der Waals surface area contributed by atoms with Crippen LogP contribution in [0.5, 0.6) is 0 Å². The molecule has 1 amide bonds. The predicted molar refractivity (Wildman–Crippen MR) is 73.5 cm³/mol. The van der Waals surface area contributed by atoms with Gasteiger partial charge in [0.1, 0.15) is 0 Å². The van der Waals surface area contributed by atoms with E-state index in [4.69, 9.17) is 4.74 Å². The molecule has 1 aliphatic heterocycles. The lowest BCUT2D eigenvalue weighted by molar-refractivity contribution is -0.138. The van der Waals surface area contributed by atoms with Crippen LogP contribution in [0, 0.1) is 11.8 Å². The van der Waals surface area contributed by atoms with E-state index in [1.807, 2.05) is 18.9 Å². The summed E-state index contributed by atoms with van der Waals surface area (Å²) >= 11 is 0. The van der Waals surface area contributed by atoms with Gasteiger partial charge in [0, 0.05) is 39.2 Å². The summed E-state index contributed by atoms with van der Waals surface area (Å²) in [7, 11) is 2.04. The second-order valence-corrected chi connectivity index (χ2v) is 5.55. The number of carbonyl (C=O) groups is 1. The highest BCUT2D eigenvalue weighted by molar-refractivity contribution is 5.77. The van der Waals surface area contributed by atoms with E-state index in [0.29, 0.717) is 24.2 Å². The summed E-state index contributed by atoms with van der Waals surface area (Å²) in [6.07, 6.45) is 0.632. The van der Waals surface area contributed by atoms with Gasteiger partial charge in [-0.2, -0.15) is 0 Å². The number of nitrogens with zero attached hydrogens (tertiary/aromatic N) is 2. The van der Waals surface area contributed by atoms with Crippen LogP contribution in [0.15, 0.2) is 0 Å². The molecular weight excluding hydrogens is 228 g/mol. The van der Waals surface area contributed by atoms with Gasteiger partial charge in [0.15, 0.2) is 0 Å². The molecule has 1 fully saturated rings. The Kier molecular flexibility index (Phi) is 6.65. The van der Waals surface area contributed by atoms with Crippen LogP contribution in [-0.2, 0) is 9.53 Å². The molecule has 106 valence electrons. The molecule has 1 rings (SSSR count). The van der Waals surface area contributed by atoms with E-state index < -0.39 is 0 Å². The van der Waals surface area contributed by atoms with Crippen LogP contribution < -0.4 is 0 Å². The lowest BCUT2D eigenvalue weighted by atomic mass is 9.88. The van der Waals surface area contributed by atoms with Crippen molar-refractivity contribution in [1.82, 2.24) is 9.80 Å². The molecule has 4 nitrogen and oxygen atoms in total. The smallest absolute Gasteiger partial charge is 0.223 e. The Balaban J connectivity index is 2.07. The van der Waals surface area contributed by atoms with Crippen LogP contribution in [-0.4, -0.2) is 62.1 Å². The second-order valence-electron chi connectivity index (χ2n) is 5.55. The standard InChI is InChI=1S/C14H28N2O2/c1-5-18-9-8-15(4)7-6-14(17)16-10-13(11-16)12(2)3/h12-13H,5-11H2,1-4H3. The first-order valence-corrected chi connectivity index (χ1v) is 7.08. The van der Waals surface area contributed by atoms with Crippen molar-refractivity contribution < 1.29 is 9.53 Å². The van der Waals surface area contributed by atoms with E-state index in [0.717, 1.165) is 39.4 Å². The minimum Gasteiger partial charge on any atom is -0.380 e. The van der Waals surface area contributed by atoms with Crippen LogP contribution in [0.2, 0.25) is 0 Å². The Morgan fingerprint density at radius 3 is 2.61 bits per heavy atom. The van der Waals surface area contributed by atoms with Gasteiger partial charge in [0.05, 0.1) is 6.61 Å². The normalized spacial score (nSPS) is 16.4. The van der Waals surface area contributed by atoms with Gasteiger partial charge in [0.25, 0.3) is 0 Å². The van der Waals surface area contributed by atoms with Crippen LogP contribution in [0.4, 0.5) is 0 Å². The highest BCUT2D eigenvalue weighted by Gasteiger charge is 2.31. The molecule has 0 aromatic rings. The predicted octanol–water partition coefficient (Wildman–Crippen LogP) is 1.46. The van der Waals surface area contributed by atoms with Gasteiger partial charge in [-0.25, -0.2) is 0 Å². The molecule has 4 heteroatoms. The lowest BCUT2D eigenvalue weighted by Gasteiger charge is -2.41. The molecular formula is C14H28N2O2. The monoisotopic (exact) mass is 256 g/mol. The molecule has 1 heterocycles. The molecule has 1 aliphatic rings. The average Bonchev–Trinajstić information content (AvgIpc) is 2.24. The summed E-state index contributed by atoms with van der Waals surface area (Å²) in [5, 5.41) is 0. The molecule has 0 aromatic carbocycles. The number of likely N-dealkylation sites (N-methyl/N-ethyl adjacent to an activating group) is 1. The quantitative estimate of drug-likeness (QED) is 0.616. The average molecular weight is 256 g/mol. The van der Waals surface area contributed by atoms with E-state index in [-0.39, 0.29) is 0 Å². The number of ether oxygens (including phenoxy) is 1. The highest BCUT2D eigenvalue weighted by atomic mass is 16.5. The minimum absolute atomic E-state index is 0.301. The number of hydrogen-bond donors (Lipinski definition) is 0. The summed E-state index contributed by atoms with van der Waals surface area (Å²) in [4.78, 5) is 16.0. The molecule has 1 saturated heterocycles. The molecule has 0 unspecified atom stereocenters. The third-order valence-corrected chi connectivity index (χ3v) is 3.73. The Labute approximate surface area is 111 Å². The van der Waals surface area contributed by atoms with Gasteiger partial charge in [-0.1, -0.05) is 13.8 Å². The Hall–Kier alpha value is -0.610. The van der Waals surface area contributed by atoms with Gasteiger partial charge in [-0.15, -0.1) is 0 Å². The Bertz CT molecular complexity index is 250.